The van der Waals surface area contributed by atoms with Crippen molar-refractivity contribution in [3.05, 3.63) is 28.2 Å². The van der Waals surface area contributed by atoms with E-state index in [0.29, 0.717) is 12.2 Å². The third-order valence-electron chi connectivity index (χ3n) is 2.63. The molecule has 0 fully saturated rings. The third kappa shape index (κ3) is 3.61. The Hall–Kier alpha value is -1.27. The Morgan fingerprint density at radius 1 is 1.56 bits per heavy atom. The van der Waals surface area contributed by atoms with Crippen LogP contribution in [0.4, 0.5) is 5.69 Å². The number of anilines is 1. The number of methoxy groups -OCH3 is 1. The van der Waals surface area contributed by atoms with E-state index in [-0.39, 0.29) is 5.84 Å². The SMILES string of the molecule is CCN(CCOC)c1ccc(Br)cc1/C(N)=N/O. The maximum atomic E-state index is 8.84. The molecule has 3 N–H and O–H groups in total. The molecule has 0 heterocycles. The van der Waals surface area contributed by atoms with E-state index in [0.717, 1.165) is 23.2 Å². The quantitative estimate of drug-likeness (QED) is 0.364. The molecule has 1 rings (SSSR count). The predicted octanol–water partition coefficient (Wildman–Crippen LogP) is 2.02. The molecule has 0 radical (unpaired) electrons. The van der Waals surface area contributed by atoms with Gasteiger partial charge in [-0.25, -0.2) is 0 Å². The van der Waals surface area contributed by atoms with Crippen molar-refractivity contribution in [1.29, 1.82) is 0 Å². The fraction of sp³-hybridized carbons (Fsp3) is 0.417. The van der Waals surface area contributed by atoms with Crippen molar-refractivity contribution in [2.24, 2.45) is 10.9 Å². The second-order valence-electron chi connectivity index (χ2n) is 3.72. The van der Waals surface area contributed by atoms with Crippen molar-refractivity contribution < 1.29 is 9.94 Å². The van der Waals surface area contributed by atoms with Gasteiger partial charge in [-0.2, -0.15) is 0 Å². The fourth-order valence-corrected chi connectivity index (χ4v) is 2.05. The Morgan fingerprint density at radius 2 is 2.28 bits per heavy atom. The molecule has 0 unspecified atom stereocenters. The number of likely N-dealkylation sites (N-methyl/N-ethyl adjacent to an activating group) is 1. The number of hydrogen-bond acceptors (Lipinski definition) is 4. The lowest BCUT2D eigenvalue weighted by molar-refractivity contribution is 0.205. The van der Waals surface area contributed by atoms with Gasteiger partial charge in [0.2, 0.25) is 0 Å². The molecule has 0 atom stereocenters. The van der Waals surface area contributed by atoms with Crippen LogP contribution in [0.1, 0.15) is 12.5 Å². The summed E-state index contributed by atoms with van der Waals surface area (Å²) in [7, 11) is 1.67. The molecule has 0 saturated carbocycles. The average Bonchev–Trinajstić information content (AvgIpc) is 2.39. The summed E-state index contributed by atoms with van der Waals surface area (Å²) in [5, 5.41) is 11.9. The standard InChI is InChI=1S/C12H18BrN3O2/c1-3-16(6-7-18-2)11-5-4-9(13)8-10(11)12(14)15-17/h4-5,8,17H,3,6-7H2,1-2H3,(H2,14,15). The highest BCUT2D eigenvalue weighted by atomic mass is 79.9. The lowest BCUT2D eigenvalue weighted by atomic mass is 10.1. The van der Waals surface area contributed by atoms with Crippen LogP contribution >= 0.6 is 15.9 Å². The van der Waals surface area contributed by atoms with E-state index in [1.54, 1.807) is 7.11 Å². The van der Waals surface area contributed by atoms with Crippen molar-refractivity contribution in [3.8, 4) is 0 Å². The Bertz CT molecular complexity index is 424. The van der Waals surface area contributed by atoms with E-state index in [2.05, 4.69) is 26.0 Å². The molecular weight excluding hydrogens is 298 g/mol. The van der Waals surface area contributed by atoms with Crippen molar-refractivity contribution >= 4 is 27.5 Å². The van der Waals surface area contributed by atoms with E-state index in [4.69, 9.17) is 15.7 Å². The van der Waals surface area contributed by atoms with E-state index in [1.165, 1.54) is 0 Å². The Morgan fingerprint density at radius 3 is 2.83 bits per heavy atom. The zero-order valence-corrected chi connectivity index (χ0v) is 12.1. The van der Waals surface area contributed by atoms with Crippen LogP contribution in [0.5, 0.6) is 0 Å². The first kappa shape index (κ1) is 14.8. The monoisotopic (exact) mass is 315 g/mol. The normalized spacial score (nSPS) is 11.6. The Labute approximate surface area is 115 Å². The van der Waals surface area contributed by atoms with Gasteiger partial charge in [0.25, 0.3) is 0 Å². The summed E-state index contributed by atoms with van der Waals surface area (Å²) in [6.45, 7) is 4.24. The molecule has 0 amide bonds. The summed E-state index contributed by atoms with van der Waals surface area (Å²) in [5.41, 5.74) is 7.33. The minimum absolute atomic E-state index is 0.0992. The number of oxime groups is 1. The molecule has 18 heavy (non-hydrogen) atoms. The van der Waals surface area contributed by atoms with E-state index < -0.39 is 0 Å². The van der Waals surface area contributed by atoms with Gasteiger partial charge in [0, 0.05) is 35.9 Å². The number of rotatable bonds is 6. The first-order chi connectivity index (χ1) is 8.63. The summed E-state index contributed by atoms with van der Waals surface area (Å²) in [6.07, 6.45) is 0. The summed E-state index contributed by atoms with van der Waals surface area (Å²) < 4.78 is 5.97. The molecule has 0 spiro atoms. The number of benzene rings is 1. The van der Waals surface area contributed by atoms with Gasteiger partial charge in [0.1, 0.15) is 0 Å². The summed E-state index contributed by atoms with van der Waals surface area (Å²) in [4.78, 5) is 2.11. The van der Waals surface area contributed by atoms with Gasteiger partial charge in [-0.15, -0.1) is 0 Å². The lowest BCUT2D eigenvalue weighted by Crippen LogP contribution is -2.29. The molecule has 0 saturated heterocycles. The van der Waals surface area contributed by atoms with Crippen LogP contribution in [0.3, 0.4) is 0 Å². The largest absolute Gasteiger partial charge is 0.409 e. The van der Waals surface area contributed by atoms with Crippen LogP contribution in [-0.2, 0) is 4.74 Å². The smallest absolute Gasteiger partial charge is 0.172 e. The molecule has 1 aromatic rings. The topological polar surface area (TPSA) is 71.1 Å². The second kappa shape index (κ2) is 7.23. The highest BCUT2D eigenvalue weighted by Gasteiger charge is 2.13. The highest BCUT2D eigenvalue weighted by molar-refractivity contribution is 9.10. The molecule has 0 aliphatic rings. The van der Waals surface area contributed by atoms with Crippen LogP contribution in [0.25, 0.3) is 0 Å². The number of nitrogens with zero attached hydrogens (tertiary/aromatic N) is 2. The van der Waals surface area contributed by atoms with Crippen molar-refractivity contribution in [1.82, 2.24) is 0 Å². The van der Waals surface area contributed by atoms with Gasteiger partial charge in [-0.05, 0) is 25.1 Å². The van der Waals surface area contributed by atoms with Gasteiger partial charge in [0.15, 0.2) is 5.84 Å². The van der Waals surface area contributed by atoms with Gasteiger partial charge in [-0.3, -0.25) is 0 Å². The number of halogens is 1. The Kier molecular flexibility index (Phi) is 5.94. The first-order valence-electron chi connectivity index (χ1n) is 5.65. The minimum atomic E-state index is 0.0992. The molecular formula is C12H18BrN3O2. The van der Waals surface area contributed by atoms with Crippen LogP contribution in [0.2, 0.25) is 0 Å². The Balaban J connectivity index is 3.12. The molecule has 0 aromatic heterocycles. The fourth-order valence-electron chi connectivity index (χ4n) is 1.69. The van der Waals surface area contributed by atoms with Crippen molar-refractivity contribution in [2.75, 3.05) is 31.7 Å². The second-order valence-corrected chi connectivity index (χ2v) is 4.63. The summed E-state index contributed by atoms with van der Waals surface area (Å²) >= 11 is 3.38. The van der Waals surface area contributed by atoms with Gasteiger partial charge >= 0.3 is 0 Å². The highest BCUT2D eigenvalue weighted by Crippen LogP contribution is 2.24. The minimum Gasteiger partial charge on any atom is -0.409 e. The molecule has 6 heteroatoms. The van der Waals surface area contributed by atoms with Crippen LogP contribution < -0.4 is 10.6 Å². The predicted molar refractivity (Wildman–Crippen MR) is 76.4 cm³/mol. The average molecular weight is 316 g/mol. The van der Waals surface area contributed by atoms with Gasteiger partial charge < -0.3 is 20.6 Å². The molecule has 0 bridgehead atoms. The number of ether oxygens (including phenoxy) is 1. The van der Waals surface area contributed by atoms with E-state index in [1.807, 2.05) is 25.1 Å². The van der Waals surface area contributed by atoms with Gasteiger partial charge in [0.05, 0.1) is 6.61 Å². The molecule has 1 aromatic carbocycles. The third-order valence-corrected chi connectivity index (χ3v) is 3.12. The molecule has 5 nitrogen and oxygen atoms in total. The van der Waals surface area contributed by atoms with E-state index in [9.17, 15) is 0 Å². The lowest BCUT2D eigenvalue weighted by Gasteiger charge is -2.25. The maximum Gasteiger partial charge on any atom is 0.172 e. The first-order valence-corrected chi connectivity index (χ1v) is 6.44. The van der Waals surface area contributed by atoms with Crippen molar-refractivity contribution in [3.63, 3.8) is 0 Å². The molecule has 100 valence electrons. The zero-order valence-electron chi connectivity index (χ0n) is 10.6. The van der Waals surface area contributed by atoms with E-state index >= 15 is 0 Å². The molecule has 0 aliphatic carbocycles. The molecule has 0 aliphatic heterocycles. The number of nitrogens with two attached hydrogens (primary N) is 1. The zero-order chi connectivity index (χ0) is 13.5. The number of hydrogen-bond donors (Lipinski definition) is 2. The number of amidine groups is 1. The van der Waals surface area contributed by atoms with Gasteiger partial charge in [-0.1, -0.05) is 21.1 Å². The maximum absolute atomic E-state index is 8.84. The van der Waals surface area contributed by atoms with Crippen LogP contribution in [-0.4, -0.2) is 37.8 Å². The summed E-state index contributed by atoms with van der Waals surface area (Å²) in [6, 6.07) is 5.70. The van der Waals surface area contributed by atoms with Crippen LogP contribution in [0.15, 0.2) is 27.8 Å². The van der Waals surface area contributed by atoms with Crippen LogP contribution in [0, 0.1) is 0 Å². The summed E-state index contributed by atoms with van der Waals surface area (Å²) in [5.74, 6) is 0.0992. The van der Waals surface area contributed by atoms with Crippen molar-refractivity contribution in [2.45, 2.75) is 6.92 Å².